The first-order chi connectivity index (χ1) is 9.48. The summed E-state index contributed by atoms with van der Waals surface area (Å²) >= 11 is 0. The molecule has 0 aliphatic heterocycles. The molecule has 0 amide bonds. The Morgan fingerprint density at radius 2 is 1.40 bits per heavy atom. The van der Waals surface area contributed by atoms with E-state index in [-0.39, 0.29) is 6.61 Å². The molecular formula is C14H31NO4S. The van der Waals surface area contributed by atoms with Crippen LogP contribution in [0.25, 0.3) is 0 Å². The van der Waals surface area contributed by atoms with Gasteiger partial charge in [-0.25, -0.2) is 0 Å². The van der Waals surface area contributed by atoms with Gasteiger partial charge in [0.2, 0.25) is 0 Å². The third-order valence-electron chi connectivity index (χ3n) is 3.05. The van der Waals surface area contributed by atoms with Crippen LogP contribution in [0.4, 0.5) is 0 Å². The van der Waals surface area contributed by atoms with Crippen molar-refractivity contribution in [3.8, 4) is 0 Å². The molecule has 0 aromatic rings. The Morgan fingerprint density at radius 1 is 0.950 bits per heavy atom. The fourth-order valence-corrected chi connectivity index (χ4v) is 2.82. The third-order valence-corrected chi connectivity index (χ3v) is 4.16. The van der Waals surface area contributed by atoms with Gasteiger partial charge in [-0.05, 0) is 13.3 Å². The van der Waals surface area contributed by atoms with E-state index in [4.69, 9.17) is 9.29 Å². The van der Waals surface area contributed by atoms with E-state index in [0.29, 0.717) is 0 Å². The summed E-state index contributed by atoms with van der Waals surface area (Å²) in [6.07, 6.45) is 10.8. The number of rotatable bonds is 14. The Labute approximate surface area is 124 Å². The molecule has 0 aromatic heterocycles. The van der Waals surface area contributed by atoms with Crippen molar-refractivity contribution >= 4 is 10.3 Å². The zero-order valence-electron chi connectivity index (χ0n) is 12.9. The highest BCUT2D eigenvalue weighted by molar-refractivity contribution is 7.84. The highest BCUT2D eigenvalue weighted by atomic mass is 32.2. The molecule has 0 saturated heterocycles. The molecule has 0 radical (unpaired) electrons. The van der Waals surface area contributed by atoms with Gasteiger partial charge in [-0.1, -0.05) is 64.7 Å². The van der Waals surface area contributed by atoms with Crippen LogP contribution in [0, 0.1) is 0 Å². The summed E-state index contributed by atoms with van der Waals surface area (Å²) in [6, 6.07) is 0. The second kappa shape index (κ2) is 12.6. The lowest BCUT2D eigenvalue weighted by atomic mass is 10.1. The van der Waals surface area contributed by atoms with Crippen molar-refractivity contribution in [2.45, 2.75) is 84.3 Å². The molecule has 0 aliphatic carbocycles. The van der Waals surface area contributed by atoms with Gasteiger partial charge in [-0.3, -0.25) is 4.18 Å². The summed E-state index contributed by atoms with van der Waals surface area (Å²) in [5, 5.41) is 8.89. The molecule has 1 atom stereocenters. The Morgan fingerprint density at radius 3 is 1.85 bits per heavy atom. The van der Waals surface area contributed by atoms with Gasteiger partial charge in [0, 0.05) is 0 Å². The lowest BCUT2D eigenvalue weighted by molar-refractivity contribution is 0.174. The molecule has 5 nitrogen and oxygen atoms in total. The smallest absolute Gasteiger partial charge is 0.337 e. The molecule has 0 heterocycles. The van der Waals surface area contributed by atoms with Crippen molar-refractivity contribution in [1.29, 1.82) is 0 Å². The molecular weight excluding hydrogens is 278 g/mol. The first-order valence-electron chi connectivity index (χ1n) is 7.82. The zero-order valence-corrected chi connectivity index (χ0v) is 13.8. The van der Waals surface area contributed by atoms with Crippen molar-refractivity contribution in [3.63, 3.8) is 0 Å². The average Bonchev–Trinajstić information content (AvgIpc) is 2.34. The molecule has 0 aliphatic rings. The van der Waals surface area contributed by atoms with Crippen molar-refractivity contribution in [3.05, 3.63) is 0 Å². The fourth-order valence-electron chi connectivity index (χ4n) is 2.00. The van der Waals surface area contributed by atoms with Gasteiger partial charge in [0.25, 0.3) is 0 Å². The highest BCUT2D eigenvalue weighted by Crippen LogP contribution is 2.10. The number of aliphatic hydroxyl groups excluding tert-OH is 1. The maximum Gasteiger partial charge on any atom is 0.337 e. The topological polar surface area (TPSA) is 75.6 Å². The second-order valence-electron chi connectivity index (χ2n) is 5.25. The molecule has 2 N–H and O–H groups in total. The first-order valence-corrected chi connectivity index (χ1v) is 9.23. The van der Waals surface area contributed by atoms with Crippen LogP contribution in [0.15, 0.2) is 0 Å². The molecule has 0 aromatic carbocycles. The van der Waals surface area contributed by atoms with Gasteiger partial charge in [-0.2, -0.15) is 13.1 Å². The Balaban J connectivity index is 3.28. The SMILES string of the molecule is CCCCCCCCCCCCOS(=O)(=O)NC(C)O. The van der Waals surface area contributed by atoms with Gasteiger partial charge < -0.3 is 5.11 Å². The normalized spacial score (nSPS) is 13.6. The Hall–Kier alpha value is -0.170. The molecule has 0 bridgehead atoms. The van der Waals surface area contributed by atoms with Crippen LogP contribution in [-0.2, 0) is 14.5 Å². The van der Waals surface area contributed by atoms with Crippen LogP contribution in [0.1, 0.15) is 78.1 Å². The van der Waals surface area contributed by atoms with E-state index in [1.807, 2.05) is 4.72 Å². The minimum Gasteiger partial charge on any atom is -0.378 e. The van der Waals surface area contributed by atoms with Crippen LogP contribution in [-0.4, -0.2) is 26.4 Å². The fraction of sp³-hybridized carbons (Fsp3) is 1.00. The standard InChI is InChI=1S/C14H31NO4S/c1-3-4-5-6-7-8-9-10-11-12-13-19-20(17,18)15-14(2)16/h14-16H,3-13H2,1-2H3. The van der Waals surface area contributed by atoms with E-state index in [9.17, 15) is 8.42 Å². The van der Waals surface area contributed by atoms with Crippen LogP contribution in [0.3, 0.4) is 0 Å². The minimum absolute atomic E-state index is 0.179. The molecule has 122 valence electrons. The van der Waals surface area contributed by atoms with E-state index in [2.05, 4.69) is 6.92 Å². The Kier molecular flexibility index (Phi) is 12.5. The number of hydrogen-bond acceptors (Lipinski definition) is 4. The molecule has 0 fully saturated rings. The van der Waals surface area contributed by atoms with Crippen molar-refractivity contribution in [2.75, 3.05) is 6.61 Å². The number of nitrogens with one attached hydrogen (secondary N) is 1. The molecule has 0 spiro atoms. The van der Waals surface area contributed by atoms with E-state index < -0.39 is 16.5 Å². The van der Waals surface area contributed by atoms with Crippen LogP contribution < -0.4 is 4.72 Å². The summed E-state index contributed by atoms with van der Waals surface area (Å²) in [5.41, 5.74) is 0. The molecule has 1 unspecified atom stereocenters. The Bertz CT molecular complexity index is 304. The number of unbranched alkanes of at least 4 members (excludes halogenated alkanes) is 9. The number of hydrogen-bond donors (Lipinski definition) is 2. The lowest BCUT2D eigenvalue weighted by Gasteiger charge is -2.08. The lowest BCUT2D eigenvalue weighted by Crippen LogP contribution is -2.33. The predicted molar refractivity (Wildman–Crippen MR) is 81.5 cm³/mol. The first kappa shape index (κ1) is 19.8. The molecule has 6 heteroatoms. The molecule has 0 saturated carbocycles. The van der Waals surface area contributed by atoms with Gasteiger partial charge in [0.1, 0.15) is 6.23 Å². The highest BCUT2D eigenvalue weighted by Gasteiger charge is 2.12. The average molecular weight is 309 g/mol. The van der Waals surface area contributed by atoms with Crippen molar-refractivity contribution in [2.24, 2.45) is 0 Å². The predicted octanol–water partition coefficient (Wildman–Crippen LogP) is 3.10. The molecule has 20 heavy (non-hydrogen) atoms. The van der Waals surface area contributed by atoms with Gasteiger partial charge in [0.05, 0.1) is 6.61 Å². The monoisotopic (exact) mass is 309 g/mol. The van der Waals surface area contributed by atoms with Crippen LogP contribution >= 0.6 is 0 Å². The molecule has 0 rings (SSSR count). The maximum atomic E-state index is 11.2. The second-order valence-corrected chi connectivity index (χ2v) is 6.63. The van der Waals surface area contributed by atoms with E-state index >= 15 is 0 Å². The number of aliphatic hydroxyl groups is 1. The van der Waals surface area contributed by atoms with Crippen LogP contribution in [0.5, 0.6) is 0 Å². The largest absolute Gasteiger partial charge is 0.378 e. The zero-order chi connectivity index (χ0) is 15.3. The van der Waals surface area contributed by atoms with E-state index in [1.165, 1.54) is 51.9 Å². The van der Waals surface area contributed by atoms with E-state index in [1.54, 1.807) is 0 Å². The quantitative estimate of drug-likeness (QED) is 0.382. The minimum atomic E-state index is -3.79. The van der Waals surface area contributed by atoms with Gasteiger partial charge in [0.15, 0.2) is 0 Å². The van der Waals surface area contributed by atoms with Gasteiger partial charge >= 0.3 is 10.3 Å². The van der Waals surface area contributed by atoms with E-state index in [0.717, 1.165) is 19.3 Å². The summed E-state index contributed by atoms with van der Waals surface area (Å²) in [4.78, 5) is 0. The van der Waals surface area contributed by atoms with Crippen LogP contribution in [0.2, 0.25) is 0 Å². The summed E-state index contributed by atoms with van der Waals surface area (Å²) in [7, 11) is -3.79. The summed E-state index contributed by atoms with van der Waals surface area (Å²) in [5.74, 6) is 0. The van der Waals surface area contributed by atoms with Crippen molar-refractivity contribution < 1.29 is 17.7 Å². The third kappa shape index (κ3) is 14.2. The summed E-state index contributed by atoms with van der Waals surface area (Å²) in [6.45, 7) is 3.74. The summed E-state index contributed by atoms with van der Waals surface area (Å²) < 4.78 is 29.1. The van der Waals surface area contributed by atoms with Crippen molar-refractivity contribution in [1.82, 2.24) is 4.72 Å². The van der Waals surface area contributed by atoms with Gasteiger partial charge in [-0.15, -0.1) is 0 Å². The maximum absolute atomic E-state index is 11.2.